The molecule has 1 rings (SSSR count). The molecule has 0 atom stereocenters. The van der Waals surface area contributed by atoms with Gasteiger partial charge in [0.15, 0.2) is 0 Å². The largest absolute Gasteiger partial charge is 0.481 e. The third-order valence-corrected chi connectivity index (χ3v) is 3.56. The maximum atomic E-state index is 11.3. The molecule has 0 aromatic carbocycles. The van der Waals surface area contributed by atoms with Crippen molar-refractivity contribution in [2.75, 3.05) is 12.4 Å². The van der Waals surface area contributed by atoms with Crippen LogP contribution in [0, 0.1) is 12.3 Å². The predicted octanol–water partition coefficient (Wildman–Crippen LogP) is 2.09. The number of hydrogen-bond donors (Lipinski definition) is 2. The van der Waals surface area contributed by atoms with Gasteiger partial charge >= 0.3 is 5.97 Å². The average molecular weight is 267 g/mol. The Kier molecular flexibility index (Phi) is 4.03. The minimum absolute atomic E-state index is 0.358. The van der Waals surface area contributed by atoms with Crippen molar-refractivity contribution in [3.8, 4) is 5.88 Å². The molecule has 6 heteroatoms. The number of methoxy groups -OCH3 is 1. The second kappa shape index (κ2) is 5.03. The van der Waals surface area contributed by atoms with Crippen LogP contribution in [0.3, 0.4) is 0 Å². The van der Waals surface area contributed by atoms with Crippen LogP contribution in [0.25, 0.3) is 0 Å². The van der Waals surface area contributed by atoms with Crippen molar-refractivity contribution in [2.24, 2.45) is 5.41 Å². The standard InChI is InChI=1S/C13H21N3O3/c1-8-7-9(19-6)15-11(14-8)16-13(4,5)12(2,3)10(17)18/h7H,1-6H3,(H,17,18)(H,14,15,16). The van der Waals surface area contributed by atoms with Crippen LogP contribution < -0.4 is 10.1 Å². The lowest BCUT2D eigenvalue weighted by Crippen LogP contribution is -2.51. The van der Waals surface area contributed by atoms with Gasteiger partial charge in [-0.1, -0.05) is 0 Å². The van der Waals surface area contributed by atoms with Crippen LogP contribution in [0.15, 0.2) is 6.07 Å². The number of aryl methyl sites for hydroxylation is 1. The summed E-state index contributed by atoms with van der Waals surface area (Å²) in [5.74, 6) is -0.0836. The fourth-order valence-electron chi connectivity index (χ4n) is 1.40. The Labute approximate surface area is 113 Å². The van der Waals surface area contributed by atoms with Crippen molar-refractivity contribution < 1.29 is 14.6 Å². The van der Waals surface area contributed by atoms with Crippen molar-refractivity contribution in [1.82, 2.24) is 9.97 Å². The van der Waals surface area contributed by atoms with E-state index in [0.29, 0.717) is 11.8 Å². The second-order valence-electron chi connectivity index (χ2n) is 5.56. The lowest BCUT2D eigenvalue weighted by atomic mass is 9.74. The zero-order valence-electron chi connectivity index (χ0n) is 12.2. The first-order valence-corrected chi connectivity index (χ1v) is 6.01. The molecule has 19 heavy (non-hydrogen) atoms. The van der Waals surface area contributed by atoms with E-state index in [0.717, 1.165) is 5.69 Å². The number of hydrogen-bond acceptors (Lipinski definition) is 5. The molecule has 0 bridgehead atoms. The molecule has 0 aliphatic rings. The van der Waals surface area contributed by atoms with Crippen molar-refractivity contribution in [3.63, 3.8) is 0 Å². The van der Waals surface area contributed by atoms with Gasteiger partial charge < -0.3 is 15.2 Å². The van der Waals surface area contributed by atoms with Crippen LogP contribution in [0.2, 0.25) is 0 Å². The SMILES string of the molecule is COc1cc(C)nc(NC(C)(C)C(C)(C)C(=O)O)n1. The van der Waals surface area contributed by atoms with Crippen LogP contribution in [-0.4, -0.2) is 33.7 Å². The molecule has 0 spiro atoms. The zero-order chi connectivity index (χ0) is 14.8. The van der Waals surface area contributed by atoms with Crippen LogP contribution >= 0.6 is 0 Å². The van der Waals surface area contributed by atoms with Gasteiger partial charge in [0.2, 0.25) is 11.8 Å². The Hall–Kier alpha value is -1.85. The highest BCUT2D eigenvalue weighted by Gasteiger charge is 2.44. The van der Waals surface area contributed by atoms with Gasteiger partial charge in [0.1, 0.15) is 0 Å². The minimum atomic E-state index is -0.979. The summed E-state index contributed by atoms with van der Waals surface area (Å²) in [5, 5.41) is 12.4. The Morgan fingerprint density at radius 3 is 2.37 bits per heavy atom. The first-order valence-electron chi connectivity index (χ1n) is 6.01. The second-order valence-corrected chi connectivity index (χ2v) is 5.56. The van der Waals surface area contributed by atoms with E-state index in [-0.39, 0.29) is 0 Å². The molecule has 0 radical (unpaired) electrons. The van der Waals surface area contributed by atoms with E-state index in [9.17, 15) is 9.90 Å². The molecular weight excluding hydrogens is 246 g/mol. The summed E-state index contributed by atoms with van der Waals surface area (Å²) in [7, 11) is 1.53. The molecule has 0 saturated carbocycles. The van der Waals surface area contributed by atoms with Crippen molar-refractivity contribution in [2.45, 2.75) is 40.2 Å². The Morgan fingerprint density at radius 1 is 1.32 bits per heavy atom. The number of anilines is 1. The van der Waals surface area contributed by atoms with Crippen molar-refractivity contribution >= 4 is 11.9 Å². The molecule has 0 fully saturated rings. The van der Waals surface area contributed by atoms with Gasteiger partial charge in [-0.05, 0) is 34.6 Å². The van der Waals surface area contributed by atoms with E-state index in [2.05, 4.69) is 15.3 Å². The van der Waals surface area contributed by atoms with Gasteiger partial charge in [0, 0.05) is 11.8 Å². The number of aromatic nitrogens is 2. The number of carboxylic acids is 1. The highest BCUT2D eigenvalue weighted by Crippen LogP contribution is 2.33. The van der Waals surface area contributed by atoms with Crippen molar-refractivity contribution in [1.29, 1.82) is 0 Å². The number of nitrogens with zero attached hydrogens (tertiary/aromatic N) is 2. The number of nitrogens with one attached hydrogen (secondary N) is 1. The molecule has 6 nitrogen and oxygen atoms in total. The first-order chi connectivity index (χ1) is 8.60. The average Bonchev–Trinajstić information content (AvgIpc) is 2.26. The summed E-state index contributed by atoms with van der Waals surface area (Å²) < 4.78 is 5.08. The van der Waals surface area contributed by atoms with Gasteiger partial charge in [-0.3, -0.25) is 4.79 Å². The fraction of sp³-hybridized carbons (Fsp3) is 0.615. The summed E-state index contributed by atoms with van der Waals surface area (Å²) >= 11 is 0. The number of carboxylic acid groups (broad SMARTS) is 1. The highest BCUT2D eigenvalue weighted by molar-refractivity contribution is 5.76. The van der Waals surface area contributed by atoms with Gasteiger partial charge in [-0.2, -0.15) is 4.98 Å². The smallest absolute Gasteiger partial charge is 0.311 e. The zero-order valence-corrected chi connectivity index (χ0v) is 12.2. The normalized spacial score (nSPS) is 12.1. The van der Waals surface area contributed by atoms with E-state index in [1.165, 1.54) is 7.11 Å². The molecule has 0 unspecified atom stereocenters. The summed E-state index contributed by atoms with van der Waals surface area (Å²) in [4.78, 5) is 19.8. The molecular formula is C13H21N3O3. The summed E-state index contributed by atoms with van der Waals surface area (Å²) in [6.07, 6.45) is 0. The summed E-state index contributed by atoms with van der Waals surface area (Å²) in [5.41, 5.74) is -0.955. The lowest BCUT2D eigenvalue weighted by molar-refractivity contribution is -0.149. The molecule has 1 heterocycles. The molecule has 0 amide bonds. The number of aliphatic carboxylic acids is 1. The Balaban J connectivity index is 3.07. The van der Waals surface area contributed by atoms with Gasteiger partial charge in [0.25, 0.3) is 0 Å². The molecule has 1 aromatic heterocycles. The maximum absolute atomic E-state index is 11.3. The monoisotopic (exact) mass is 267 g/mol. The van der Waals surface area contributed by atoms with Crippen LogP contribution in [-0.2, 0) is 4.79 Å². The van der Waals surface area contributed by atoms with Gasteiger partial charge in [0.05, 0.1) is 18.1 Å². The molecule has 0 aliphatic carbocycles. The van der Waals surface area contributed by atoms with Gasteiger partial charge in [-0.15, -0.1) is 0 Å². The van der Waals surface area contributed by atoms with E-state index < -0.39 is 16.9 Å². The topological polar surface area (TPSA) is 84.3 Å². The summed E-state index contributed by atoms with van der Waals surface area (Å²) in [6.45, 7) is 8.76. The first kappa shape index (κ1) is 15.2. The minimum Gasteiger partial charge on any atom is -0.481 e. The highest BCUT2D eigenvalue weighted by atomic mass is 16.5. The quantitative estimate of drug-likeness (QED) is 0.849. The van der Waals surface area contributed by atoms with Crippen LogP contribution in [0.5, 0.6) is 5.88 Å². The number of rotatable bonds is 5. The Bertz CT molecular complexity index is 484. The molecule has 106 valence electrons. The molecule has 0 aliphatic heterocycles. The van der Waals surface area contributed by atoms with E-state index in [4.69, 9.17) is 4.74 Å². The van der Waals surface area contributed by atoms with E-state index >= 15 is 0 Å². The molecule has 2 N–H and O–H groups in total. The number of ether oxygens (including phenoxy) is 1. The van der Waals surface area contributed by atoms with E-state index in [1.54, 1.807) is 33.8 Å². The Morgan fingerprint density at radius 2 is 1.89 bits per heavy atom. The fourth-order valence-corrected chi connectivity index (χ4v) is 1.40. The van der Waals surface area contributed by atoms with Crippen LogP contribution in [0.4, 0.5) is 5.95 Å². The summed E-state index contributed by atoms with van der Waals surface area (Å²) in [6, 6.07) is 1.71. The van der Waals surface area contributed by atoms with E-state index in [1.807, 2.05) is 6.92 Å². The predicted molar refractivity (Wildman–Crippen MR) is 72.4 cm³/mol. The number of carbonyl (C=O) groups is 1. The van der Waals surface area contributed by atoms with Crippen LogP contribution in [0.1, 0.15) is 33.4 Å². The molecule has 0 saturated heterocycles. The maximum Gasteiger partial charge on any atom is 0.311 e. The molecule has 1 aromatic rings. The van der Waals surface area contributed by atoms with Gasteiger partial charge in [-0.25, -0.2) is 4.98 Å². The van der Waals surface area contributed by atoms with Crippen molar-refractivity contribution in [3.05, 3.63) is 11.8 Å². The third kappa shape index (κ3) is 3.13. The third-order valence-electron chi connectivity index (χ3n) is 3.56. The lowest BCUT2D eigenvalue weighted by Gasteiger charge is -2.38.